The van der Waals surface area contributed by atoms with Gasteiger partial charge in [-0.05, 0) is 16.7 Å². The molecule has 0 saturated carbocycles. The summed E-state index contributed by atoms with van der Waals surface area (Å²) in [5.74, 6) is 0.477. The van der Waals surface area contributed by atoms with Crippen LogP contribution >= 0.6 is 17.0 Å². The van der Waals surface area contributed by atoms with Crippen molar-refractivity contribution >= 4 is 22.9 Å². The van der Waals surface area contributed by atoms with Gasteiger partial charge in [0.2, 0.25) is 0 Å². The van der Waals surface area contributed by atoms with Gasteiger partial charge in [0.25, 0.3) is 0 Å². The van der Waals surface area contributed by atoms with E-state index >= 15 is 0 Å². The van der Waals surface area contributed by atoms with Gasteiger partial charge in [-0.3, -0.25) is 4.90 Å². The highest BCUT2D eigenvalue weighted by molar-refractivity contribution is 8.93. The maximum Gasteiger partial charge on any atom is 0.189 e. The average molecular weight is 419 g/mol. The molecule has 0 atom stereocenters. The van der Waals surface area contributed by atoms with E-state index in [9.17, 15) is 0 Å². The number of rotatable bonds is 6. The second-order valence-corrected chi connectivity index (χ2v) is 6.20. The molecule has 1 heterocycles. The van der Waals surface area contributed by atoms with Crippen LogP contribution < -0.4 is 11.1 Å². The summed E-state index contributed by atoms with van der Waals surface area (Å²) >= 11 is 0. The molecular weight excluding hydrogens is 392 g/mol. The molecule has 1 fully saturated rings. The van der Waals surface area contributed by atoms with Crippen LogP contribution in [0.4, 0.5) is 0 Å². The lowest BCUT2D eigenvalue weighted by Crippen LogP contribution is -2.36. The molecule has 1 aliphatic heterocycles. The van der Waals surface area contributed by atoms with Crippen LogP contribution in [0.3, 0.4) is 0 Å². The number of nitrogens with one attached hydrogen (secondary N) is 1. The summed E-state index contributed by atoms with van der Waals surface area (Å²) in [5, 5.41) is 3.23. The van der Waals surface area contributed by atoms with Crippen molar-refractivity contribution in [1.82, 2.24) is 10.2 Å². The van der Waals surface area contributed by atoms with Crippen LogP contribution in [0.2, 0.25) is 0 Å². The number of hydrogen-bond donors (Lipinski definition) is 2. The minimum atomic E-state index is 0. The number of guanidine groups is 1. The number of morpholine rings is 1. The van der Waals surface area contributed by atoms with Crippen LogP contribution in [0.25, 0.3) is 0 Å². The van der Waals surface area contributed by atoms with Crippen LogP contribution in [0.1, 0.15) is 16.7 Å². The topological polar surface area (TPSA) is 62.9 Å². The van der Waals surface area contributed by atoms with Crippen LogP contribution in [-0.4, -0.2) is 37.2 Å². The van der Waals surface area contributed by atoms with Gasteiger partial charge in [0.15, 0.2) is 5.96 Å². The first kappa shape index (κ1) is 20.4. The van der Waals surface area contributed by atoms with Crippen molar-refractivity contribution in [3.8, 4) is 0 Å². The summed E-state index contributed by atoms with van der Waals surface area (Å²) in [6.45, 7) is 5.84. The highest BCUT2D eigenvalue weighted by atomic mass is 79.9. The van der Waals surface area contributed by atoms with E-state index in [0.717, 1.165) is 38.4 Å². The van der Waals surface area contributed by atoms with Crippen LogP contribution in [0, 0.1) is 0 Å². The third-order valence-electron chi connectivity index (χ3n) is 4.35. The average Bonchev–Trinajstić information content (AvgIpc) is 2.67. The molecule has 0 aromatic heterocycles. The predicted octanol–water partition coefficient (Wildman–Crippen LogP) is 2.70. The van der Waals surface area contributed by atoms with Gasteiger partial charge in [0.1, 0.15) is 0 Å². The second kappa shape index (κ2) is 11.0. The van der Waals surface area contributed by atoms with E-state index in [1.54, 1.807) is 0 Å². The van der Waals surface area contributed by atoms with Gasteiger partial charge in [0.05, 0.1) is 19.8 Å². The number of hydrogen-bond acceptors (Lipinski definition) is 3. The Kier molecular flexibility index (Phi) is 8.61. The molecule has 0 aliphatic carbocycles. The van der Waals surface area contributed by atoms with Crippen molar-refractivity contribution in [3.05, 3.63) is 71.3 Å². The monoisotopic (exact) mass is 418 g/mol. The van der Waals surface area contributed by atoms with Crippen molar-refractivity contribution in [2.45, 2.75) is 19.6 Å². The van der Waals surface area contributed by atoms with E-state index in [4.69, 9.17) is 10.5 Å². The summed E-state index contributed by atoms with van der Waals surface area (Å²) in [6.07, 6.45) is 0. The Labute approximate surface area is 166 Å². The summed E-state index contributed by atoms with van der Waals surface area (Å²) in [5.41, 5.74) is 9.75. The summed E-state index contributed by atoms with van der Waals surface area (Å²) in [6, 6.07) is 18.6. The summed E-state index contributed by atoms with van der Waals surface area (Å²) < 4.78 is 5.42. The minimum absolute atomic E-state index is 0. The number of aliphatic imine (C=N–C) groups is 1. The molecule has 2 aromatic rings. The van der Waals surface area contributed by atoms with E-state index in [2.05, 4.69) is 51.6 Å². The third kappa shape index (κ3) is 6.44. The summed E-state index contributed by atoms with van der Waals surface area (Å²) in [7, 11) is 0. The standard InChI is InChI=1S/C20H26N4O.BrH/c21-20(22-14-17-6-2-1-3-7-17)23-15-18-8-4-5-9-19(18)16-24-10-12-25-13-11-24;/h1-9H,10-16H2,(H3,21,22,23);1H. The molecule has 6 heteroatoms. The quantitative estimate of drug-likeness (QED) is 0.559. The Morgan fingerprint density at radius 3 is 2.38 bits per heavy atom. The van der Waals surface area contributed by atoms with E-state index < -0.39 is 0 Å². The van der Waals surface area contributed by atoms with Crippen LogP contribution in [0.15, 0.2) is 59.6 Å². The van der Waals surface area contributed by atoms with Crippen LogP contribution in [-0.2, 0) is 24.4 Å². The van der Waals surface area contributed by atoms with Crippen LogP contribution in [0.5, 0.6) is 0 Å². The molecule has 1 saturated heterocycles. The Balaban J connectivity index is 0.00000243. The van der Waals surface area contributed by atoms with Crippen molar-refractivity contribution < 1.29 is 4.74 Å². The molecule has 0 bridgehead atoms. The molecule has 5 nitrogen and oxygen atoms in total. The Morgan fingerprint density at radius 1 is 1.00 bits per heavy atom. The number of nitrogens with two attached hydrogens (primary N) is 1. The Morgan fingerprint density at radius 2 is 1.65 bits per heavy atom. The maximum atomic E-state index is 6.02. The normalized spacial score (nSPS) is 15.3. The van der Waals surface area contributed by atoms with Crippen molar-refractivity contribution in [1.29, 1.82) is 0 Å². The first-order valence-electron chi connectivity index (χ1n) is 8.76. The molecule has 3 rings (SSSR count). The SMILES string of the molecule is Br.NC(=NCc1ccccc1)NCc1ccccc1CN1CCOCC1. The lowest BCUT2D eigenvalue weighted by atomic mass is 10.1. The highest BCUT2D eigenvalue weighted by Crippen LogP contribution is 2.13. The Hall–Kier alpha value is -1.89. The molecule has 1 aliphatic rings. The first-order valence-corrected chi connectivity index (χ1v) is 8.76. The fourth-order valence-corrected chi connectivity index (χ4v) is 2.89. The lowest BCUT2D eigenvalue weighted by molar-refractivity contribution is 0.0341. The second-order valence-electron chi connectivity index (χ2n) is 6.20. The van der Waals surface area contributed by atoms with Gasteiger partial charge < -0.3 is 15.8 Å². The molecule has 0 amide bonds. The van der Waals surface area contributed by atoms with Crippen molar-refractivity contribution in [3.63, 3.8) is 0 Å². The van der Waals surface area contributed by atoms with Gasteiger partial charge in [-0.1, -0.05) is 54.6 Å². The minimum Gasteiger partial charge on any atom is -0.379 e. The molecule has 2 aromatic carbocycles. The van der Waals surface area contributed by atoms with Crippen molar-refractivity contribution in [2.24, 2.45) is 10.7 Å². The largest absolute Gasteiger partial charge is 0.379 e. The molecule has 0 spiro atoms. The molecule has 140 valence electrons. The number of nitrogens with zero attached hydrogens (tertiary/aromatic N) is 2. The molecule has 0 radical (unpaired) electrons. The Bertz CT molecular complexity index is 687. The molecule has 0 unspecified atom stereocenters. The van der Waals surface area contributed by atoms with Gasteiger partial charge in [-0.2, -0.15) is 0 Å². The van der Waals surface area contributed by atoms with Gasteiger partial charge in [-0.15, -0.1) is 17.0 Å². The smallest absolute Gasteiger partial charge is 0.189 e. The zero-order valence-corrected chi connectivity index (χ0v) is 16.6. The lowest BCUT2D eigenvalue weighted by Gasteiger charge is -2.27. The van der Waals surface area contributed by atoms with E-state index in [0.29, 0.717) is 19.0 Å². The maximum absolute atomic E-state index is 6.02. The van der Waals surface area contributed by atoms with E-state index in [-0.39, 0.29) is 17.0 Å². The predicted molar refractivity (Wildman–Crippen MR) is 111 cm³/mol. The number of ether oxygens (including phenoxy) is 1. The highest BCUT2D eigenvalue weighted by Gasteiger charge is 2.12. The third-order valence-corrected chi connectivity index (χ3v) is 4.35. The summed E-state index contributed by atoms with van der Waals surface area (Å²) in [4.78, 5) is 6.84. The number of halogens is 1. The van der Waals surface area contributed by atoms with Gasteiger partial charge >= 0.3 is 0 Å². The van der Waals surface area contributed by atoms with Crippen molar-refractivity contribution in [2.75, 3.05) is 26.3 Å². The van der Waals surface area contributed by atoms with E-state index in [1.165, 1.54) is 11.1 Å². The fourth-order valence-electron chi connectivity index (χ4n) is 2.89. The zero-order chi connectivity index (χ0) is 17.3. The number of benzene rings is 2. The zero-order valence-electron chi connectivity index (χ0n) is 14.9. The first-order chi connectivity index (χ1) is 12.3. The fraction of sp³-hybridized carbons (Fsp3) is 0.350. The van der Waals surface area contributed by atoms with E-state index in [1.807, 2.05) is 18.2 Å². The molecule has 26 heavy (non-hydrogen) atoms. The molecular formula is C20H27BrN4O. The molecule has 3 N–H and O–H groups in total. The van der Waals surface area contributed by atoms with Gasteiger partial charge in [0, 0.05) is 26.2 Å². The van der Waals surface area contributed by atoms with Gasteiger partial charge in [-0.25, -0.2) is 4.99 Å².